The van der Waals surface area contributed by atoms with Gasteiger partial charge in [-0.15, -0.1) is 81.2 Å². The number of hydrogen-bond donors (Lipinski definition) is 0. The van der Waals surface area contributed by atoms with Crippen molar-refractivity contribution in [3.05, 3.63) is 82.9 Å². The van der Waals surface area contributed by atoms with E-state index in [0.29, 0.717) is 0 Å². The topological polar surface area (TPSA) is 0 Å². The van der Waals surface area contributed by atoms with Gasteiger partial charge in [0.15, 0.2) is 0 Å². The van der Waals surface area contributed by atoms with Crippen molar-refractivity contribution in [3.63, 3.8) is 0 Å². The van der Waals surface area contributed by atoms with Crippen LogP contribution in [-0.2, 0) is 42.5 Å². The van der Waals surface area contributed by atoms with Crippen LogP contribution < -0.4 is 0 Å². The second kappa shape index (κ2) is 17.7. The van der Waals surface area contributed by atoms with Gasteiger partial charge in [0.2, 0.25) is 0 Å². The first kappa shape index (κ1) is 35.0. The zero-order chi connectivity index (χ0) is 31.0. The molecule has 0 bridgehead atoms. The SMILES string of the molecule is [Co+2].c1ccc2c(c1)c(CC1CCCCC1)c[c-]2CC1CCCCC1.c1ccc2c(c1)c(CC1CCCCC1)c[c-]2CC1CCCCC1. The number of benzene rings is 2. The molecule has 0 unspecified atom stereocenters. The van der Waals surface area contributed by atoms with Crippen LogP contribution >= 0.6 is 0 Å². The minimum atomic E-state index is 0. The predicted molar refractivity (Wildman–Crippen MR) is 200 cm³/mol. The van der Waals surface area contributed by atoms with Crippen molar-refractivity contribution in [3.8, 4) is 0 Å². The fourth-order valence-electron chi connectivity index (χ4n) is 10.3. The van der Waals surface area contributed by atoms with Crippen LogP contribution in [0.25, 0.3) is 21.5 Å². The van der Waals surface area contributed by atoms with Gasteiger partial charge in [-0.05, 0) is 23.7 Å². The average molecular weight is 674 g/mol. The molecule has 0 aliphatic heterocycles. The maximum Gasteiger partial charge on any atom is 2.00 e. The fourth-order valence-corrected chi connectivity index (χ4v) is 10.3. The number of fused-ring (bicyclic) bond motifs is 2. The fraction of sp³-hybridized carbons (Fsp3) is 0.609. The molecule has 0 nitrogen and oxygen atoms in total. The minimum Gasteiger partial charge on any atom is -0.153 e. The summed E-state index contributed by atoms with van der Waals surface area (Å²) in [6.45, 7) is 0. The van der Waals surface area contributed by atoms with E-state index in [9.17, 15) is 0 Å². The molecule has 4 aliphatic carbocycles. The van der Waals surface area contributed by atoms with Gasteiger partial charge in [-0.3, -0.25) is 0 Å². The van der Waals surface area contributed by atoms with E-state index in [1.165, 1.54) is 154 Å². The maximum absolute atomic E-state index is 2.59. The van der Waals surface area contributed by atoms with Gasteiger partial charge in [-0.1, -0.05) is 166 Å². The molecule has 0 aromatic heterocycles. The van der Waals surface area contributed by atoms with Crippen molar-refractivity contribution in [2.75, 3.05) is 0 Å². The Kier molecular flexibility index (Phi) is 13.2. The number of hydrogen-bond acceptors (Lipinski definition) is 0. The smallest absolute Gasteiger partial charge is 0.153 e. The normalized spacial score (nSPS) is 20.6. The van der Waals surface area contributed by atoms with Crippen molar-refractivity contribution in [2.45, 2.75) is 154 Å². The van der Waals surface area contributed by atoms with E-state index < -0.39 is 0 Å². The molecule has 1 heteroatoms. The standard InChI is InChI=1S/2C23H31.Co/c2*1-3-9-18(10-4-1)15-20-17-21(16-19-11-5-2-6-12-19)23-14-8-7-13-22(20)23;/h2*7-8,13-14,17-19H,1-6,9-12,15-16H2;/q2*-1;+2. The Balaban J connectivity index is 0.000000161. The van der Waals surface area contributed by atoms with Crippen LogP contribution in [0.15, 0.2) is 60.7 Å². The molecule has 1 radical (unpaired) electrons. The molecule has 4 aromatic carbocycles. The van der Waals surface area contributed by atoms with E-state index in [1.54, 1.807) is 43.8 Å². The van der Waals surface area contributed by atoms with Crippen LogP contribution in [-0.4, -0.2) is 0 Å². The summed E-state index contributed by atoms with van der Waals surface area (Å²) in [7, 11) is 0. The zero-order valence-electron chi connectivity index (χ0n) is 29.4. The summed E-state index contributed by atoms with van der Waals surface area (Å²) >= 11 is 0. The van der Waals surface area contributed by atoms with Gasteiger partial charge in [0, 0.05) is 0 Å². The Morgan fingerprint density at radius 2 is 0.723 bits per heavy atom. The predicted octanol–water partition coefficient (Wildman–Crippen LogP) is 13.6. The van der Waals surface area contributed by atoms with Crippen LogP contribution in [0.5, 0.6) is 0 Å². The van der Waals surface area contributed by atoms with Gasteiger partial charge in [-0.25, -0.2) is 0 Å². The molecule has 0 atom stereocenters. The molecule has 255 valence electrons. The maximum atomic E-state index is 2.59. The van der Waals surface area contributed by atoms with Crippen molar-refractivity contribution >= 4 is 21.5 Å². The molecule has 47 heavy (non-hydrogen) atoms. The van der Waals surface area contributed by atoms with Crippen LogP contribution in [0.2, 0.25) is 0 Å². The molecule has 4 saturated carbocycles. The molecular weight excluding hydrogens is 611 g/mol. The summed E-state index contributed by atoms with van der Waals surface area (Å²) in [6, 6.07) is 23.6. The van der Waals surface area contributed by atoms with E-state index in [2.05, 4.69) is 60.7 Å². The Labute approximate surface area is 297 Å². The van der Waals surface area contributed by atoms with Gasteiger partial charge in [-0.2, -0.15) is 11.1 Å². The Hall–Kier alpha value is -1.83. The van der Waals surface area contributed by atoms with Gasteiger partial charge >= 0.3 is 16.8 Å². The van der Waals surface area contributed by atoms with Crippen molar-refractivity contribution in [2.24, 2.45) is 23.7 Å². The third-order valence-corrected chi connectivity index (χ3v) is 12.9. The van der Waals surface area contributed by atoms with Gasteiger partial charge < -0.3 is 0 Å². The summed E-state index contributed by atoms with van der Waals surface area (Å²) in [5, 5.41) is 6.24. The quantitative estimate of drug-likeness (QED) is 0.163. The summed E-state index contributed by atoms with van der Waals surface area (Å²) in [6.07, 6.45) is 34.5. The monoisotopic (exact) mass is 673 g/mol. The van der Waals surface area contributed by atoms with E-state index in [4.69, 9.17) is 0 Å². The Bertz CT molecular complexity index is 1250. The summed E-state index contributed by atoms with van der Waals surface area (Å²) < 4.78 is 0. The third-order valence-electron chi connectivity index (χ3n) is 12.9. The van der Waals surface area contributed by atoms with Crippen LogP contribution in [0.1, 0.15) is 151 Å². The third kappa shape index (κ3) is 9.24. The first-order valence-electron chi connectivity index (χ1n) is 20.1. The van der Waals surface area contributed by atoms with E-state index in [1.807, 2.05) is 0 Å². The van der Waals surface area contributed by atoms with E-state index in [0.717, 1.165) is 23.7 Å². The largest absolute Gasteiger partial charge is 2.00 e. The average Bonchev–Trinajstić information content (AvgIpc) is 3.64. The molecule has 0 spiro atoms. The molecule has 8 rings (SSSR count). The minimum absolute atomic E-state index is 0. The van der Waals surface area contributed by atoms with E-state index >= 15 is 0 Å². The molecule has 4 fully saturated rings. The first-order chi connectivity index (χ1) is 22.8. The van der Waals surface area contributed by atoms with Crippen molar-refractivity contribution in [1.82, 2.24) is 0 Å². The second-order valence-electron chi connectivity index (χ2n) is 16.3. The number of rotatable bonds is 8. The van der Waals surface area contributed by atoms with Gasteiger partial charge in [0.05, 0.1) is 0 Å². The summed E-state index contributed by atoms with van der Waals surface area (Å²) in [5.74, 6) is 3.77. The van der Waals surface area contributed by atoms with Crippen molar-refractivity contribution in [1.29, 1.82) is 0 Å². The first-order valence-corrected chi connectivity index (χ1v) is 20.1. The molecule has 4 aliphatic rings. The summed E-state index contributed by atoms with van der Waals surface area (Å²) in [4.78, 5) is 0. The summed E-state index contributed by atoms with van der Waals surface area (Å²) in [5.41, 5.74) is 6.60. The van der Waals surface area contributed by atoms with Gasteiger partial charge in [0.25, 0.3) is 0 Å². The molecule has 0 heterocycles. The molecule has 0 amide bonds. The Morgan fingerprint density at radius 1 is 0.404 bits per heavy atom. The van der Waals surface area contributed by atoms with Crippen molar-refractivity contribution < 1.29 is 16.8 Å². The van der Waals surface area contributed by atoms with Crippen LogP contribution in [0, 0.1) is 23.7 Å². The molecule has 4 aromatic rings. The Morgan fingerprint density at radius 3 is 1.09 bits per heavy atom. The van der Waals surface area contributed by atoms with Crippen LogP contribution in [0.4, 0.5) is 0 Å². The molecular formula is C46H62Co. The zero-order valence-corrected chi connectivity index (χ0v) is 30.4. The molecule has 0 saturated heterocycles. The van der Waals surface area contributed by atoms with Crippen LogP contribution in [0.3, 0.4) is 0 Å². The second-order valence-corrected chi connectivity index (χ2v) is 16.3. The van der Waals surface area contributed by atoms with Gasteiger partial charge in [0.1, 0.15) is 0 Å². The molecule has 0 N–H and O–H groups in total. The van der Waals surface area contributed by atoms with E-state index in [-0.39, 0.29) is 16.8 Å².